The Morgan fingerprint density at radius 3 is 2.57 bits per heavy atom. The molecule has 0 atom stereocenters. The summed E-state index contributed by atoms with van der Waals surface area (Å²) in [6, 6.07) is 0.185. The molecule has 1 saturated heterocycles. The van der Waals surface area contributed by atoms with E-state index in [4.69, 9.17) is 9.47 Å². The van der Waals surface area contributed by atoms with E-state index in [1.165, 1.54) is 0 Å². The number of hydrogen-bond donors (Lipinski definition) is 1. The van der Waals surface area contributed by atoms with Gasteiger partial charge < -0.3 is 14.8 Å². The van der Waals surface area contributed by atoms with Crippen LogP contribution < -0.4 is 5.32 Å². The fourth-order valence-corrected chi connectivity index (χ4v) is 1.90. The zero-order valence-electron chi connectivity index (χ0n) is 8.02. The zero-order valence-corrected chi connectivity index (χ0v) is 8.84. The quantitative estimate of drug-likeness (QED) is 0.786. The molecule has 1 aliphatic rings. The van der Waals surface area contributed by atoms with E-state index in [0.29, 0.717) is 26.4 Å². The van der Waals surface area contributed by atoms with Gasteiger partial charge in [0.15, 0.2) is 0 Å². The number of aryl methyl sites for hydroxylation is 1. The largest absolute Gasteiger partial charge is 0.377 e. The van der Waals surface area contributed by atoms with Crippen molar-refractivity contribution in [3.8, 4) is 0 Å². The molecule has 0 aromatic carbocycles. The summed E-state index contributed by atoms with van der Waals surface area (Å²) >= 11 is 1.54. The monoisotopic (exact) mass is 215 g/mol. The van der Waals surface area contributed by atoms with Crippen molar-refractivity contribution in [2.24, 2.45) is 0 Å². The van der Waals surface area contributed by atoms with Crippen LogP contribution in [-0.4, -0.2) is 42.7 Å². The maximum atomic E-state index is 5.36. The lowest BCUT2D eigenvalue weighted by Gasteiger charge is -2.13. The Morgan fingerprint density at radius 2 is 2.00 bits per heavy atom. The number of aromatic nitrogens is 2. The minimum Gasteiger partial charge on any atom is -0.377 e. The Balaban J connectivity index is 1.89. The first kappa shape index (κ1) is 9.82. The number of ether oxygens (including phenoxy) is 2. The van der Waals surface area contributed by atoms with Crippen LogP contribution >= 0.6 is 11.3 Å². The van der Waals surface area contributed by atoms with E-state index in [1.54, 1.807) is 11.3 Å². The summed E-state index contributed by atoms with van der Waals surface area (Å²) in [5.41, 5.74) is 0. The van der Waals surface area contributed by atoms with Gasteiger partial charge in [0.05, 0.1) is 32.5 Å². The van der Waals surface area contributed by atoms with Crippen LogP contribution in [0.5, 0.6) is 0 Å². The molecule has 0 spiro atoms. The zero-order chi connectivity index (χ0) is 9.80. The second-order valence-corrected chi connectivity index (χ2v) is 4.30. The number of hydrogen-bond acceptors (Lipinski definition) is 6. The molecule has 0 saturated carbocycles. The van der Waals surface area contributed by atoms with Crippen LogP contribution in [0.1, 0.15) is 5.01 Å². The molecule has 1 N–H and O–H groups in total. The molecule has 1 aromatic heterocycles. The summed E-state index contributed by atoms with van der Waals surface area (Å²) < 4.78 is 10.7. The van der Waals surface area contributed by atoms with Crippen molar-refractivity contribution in [1.82, 2.24) is 10.2 Å². The van der Waals surface area contributed by atoms with Crippen LogP contribution in [0.25, 0.3) is 0 Å². The van der Waals surface area contributed by atoms with E-state index in [9.17, 15) is 0 Å². The van der Waals surface area contributed by atoms with E-state index >= 15 is 0 Å². The second-order valence-electron chi connectivity index (χ2n) is 3.12. The van der Waals surface area contributed by atoms with Gasteiger partial charge in [-0.1, -0.05) is 11.3 Å². The second kappa shape index (κ2) is 4.68. The van der Waals surface area contributed by atoms with Crippen molar-refractivity contribution in [3.05, 3.63) is 5.01 Å². The van der Waals surface area contributed by atoms with Gasteiger partial charge in [-0.2, -0.15) is 0 Å². The van der Waals surface area contributed by atoms with E-state index in [1.807, 2.05) is 6.92 Å². The van der Waals surface area contributed by atoms with Gasteiger partial charge in [0.2, 0.25) is 5.13 Å². The molecule has 1 aliphatic heterocycles. The van der Waals surface area contributed by atoms with Crippen molar-refractivity contribution in [3.63, 3.8) is 0 Å². The Labute approximate surface area is 86.4 Å². The molecule has 0 bridgehead atoms. The van der Waals surface area contributed by atoms with E-state index in [2.05, 4.69) is 15.5 Å². The van der Waals surface area contributed by atoms with Crippen molar-refractivity contribution < 1.29 is 9.47 Å². The summed E-state index contributed by atoms with van der Waals surface area (Å²) in [6.45, 7) is 4.61. The maximum Gasteiger partial charge on any atom is 0.206 e. The summed E-state index contributed by atoms with van der Waals surface area (Å²) in [6.07, 6.45) is 0. The van der Waals surface area contributed by atoms with Crippen LogP contribution in [0.4, 0.5) is 5.13 Å². The van der Waals surface area contributed by atoms with Crippen molar-refractivity contribution in [2.75, 3.05) is 31.7 Å². The SMILES string of the molecule is Cc1nnc(NC2COCCOC2)s1. The van der Waals surface area contributed by atoms with E-state index in [-0.39, 0.29) is 6.04 Å². The predicted octanol–water partition coefficient (Wildman–Crippen LogP) is 0.674. The highest BCUT2D eigenvalue weighted by Crippen LogP contribution is 2.15. The molecule has 2 heterocycles. The lowest BCUT2D eigenvalue weighted by atomic mass is 10.3. The highest BCUT2D eigenvalue weighted by atomic mass is 32.1. The summed E-state index contributed by atoms with van der Waals surface area (Å²) in [5.74, 6) is 0. The Hall–Kier alpha value is -0.720. The van der Waals surface area contributed by atoms with Gasteiger partial charge in [-0.25, -0.2) is 0 Å². The fourth-order valence-electron chi connectivity index (χ4n) is 1.23. The van der Waals surface area contributed by atoms with Gasteiger partial charge in [0.25, 0.3) is 0 Å². The molecule has 78 valence electrons. The number of nitrogens with one attached hydrogen (secondary N) is 1. The topological polar surface area (TPSA) is 56.3 Å². The number of nitrogens with zero attached hydrogens (tertiary/aromatic N) is 2. The lowest BCUT2D eigenvalue weighted by molar-refractivity contribution is 0.103. The molecular weight excluding hydrogens is 202 g/mol. The van der Waals surface area contributed by atoms with Crippen LogP contribution in [0.2, 0.25) is 0 Å². The average Bonchev–Trinajstić information content (AvgIpc) is 2.43. The molecule has 5 nitrogen and oxygen atoms in total. The third-order valence-electron chi connectivity index (χ3n) is 1.86. The third kappa shape index (κ3) is 2.63. The first-order chi connectivity index (χ1) is 6.84. The summed E-state index contributed by atoms with van der Waals surface area (Å²) in [5, 5.41) is 12.9. The van der Waals surface area contributed by atoms with Crippen LogP contribution in [0.3, 0.4) is 0 Å². The van der Waals surface area contributed by atoms with Crippen molar-refractivity contribution in [1.29, 1.82) is 0 Å². The number of rotatable bonds is 2. The molecule has 0 amide bonds. The van der Waals surface area contributed by atoms with Gasteiger partial charge in [-0.15, -0.1) is 10.2 Å². The van der Waals surface area contributed by atoms with Gasteiger partial charge in [0.1, 0.15) is 5.01 Å². The van der Waals surface area contributed by atoms with Gasteiger partial charge >= 0.3 is 0 Å². The average molecular weight is 215 g/mol. The minimum absolute atomic E-state index is 0.185. The molecule has 14 heavy (non-hydrogen) atoms. The number of anilines is 1. The molecule has 6 heteroatoms. The molecule has 0 aliphatic carbocycles. The maximum absolute atomic E-state index is 5.36. The van der Waals surface area contributed by atoms with Crippen molar-refractivity contribution in [2.45, 2.75) is 13.0 Å². The normalized spacial score (nSPS) is 19.2. The first-order valence-electron chi connectivity index (χ1n) is 4.57. The Bertz CT molecular complexity index is 284. The predicted molar refractivity (Wildman–Crippen MR) is 53.7 cm³/mol. The van der Waals surface area contributed by atoms with Crippen LogP contribution in [0.15, 0.2) is 0 Å². The van der Waals surface area contributed by atoms with Crippen LogP contribution in [-0.2, 0) is 9.47 Å². The molecule has 0 unspecified atom stereocenters. The van der Waals surface area contributed by atoms with Crippen LogP contribution in [0, 0.1) is 6.92 Å². The Morgan fingerprint density at radius 1 is 1.29 bits per heavy atom. The fraction of sp³-hybridized carbons (Fsp3) is 0.750. The molecular formula is C8H13N3O2S. The van der Waals surface area contributed by atoms with Gasteiger partial charge in [-0.3, -0.25) is 0 Å². The molecule has 1 aromatic rings. The van der Waals surface area contributed by atoms with E-state index < -0.39 is 0 Å². The summed E-state index contributed by atoms with van der Waals surface area (Å²) in [7, 11) is 0. The third-order valence-corrected chi connectivity index (χ3v) is 2.63. The molecule has 0 radical (unpaired) electrons. The summed E-state index contributed by atoms with van der Waals surface area (Å²) in [4.78, 5) is 0. The van der Waals surface area contributed by atoms with Gasteiger partial charge in [0, 0.05) is 0 Å². The first-order valence-corrected chi connectivity index (χ1v) is 5.38. The minimum atomic E-state index is 0.185. The molecule has 1 fully saturated rings. The standard InChI is InChI=1S/C8H13N3O2S/c1-6-10-11-8(14-6)9-7-4-12-2-3-13-5-7/h7H,2-5H2,1H3,(H,9,11). The van der Waals surface area contributed by atoms with Crippen molar-refractivity contribution >= 4 is 16.5 Å². The highest BCUT2D eigenvalue weighted by molar-refractivity contribution is 7.15. The smallest absolute Gasteiger partial charge is 0.206 e. The van der Waals surface area contributed by atoms with Gasteiger partial charge in [-0.05, 0) is 6.92 Å². The Kier molecular flexibility index (Phi) is 3.28. The lowest BCUT2D eigenvalue weighted by Crippen LogP contribution is -2.28. The molecule has 2 rings (SSSR count). The highest BCUT2D eigenvalue weighted by Gasteiger charge is 2.14. The van der Waals surface area contributed by atoms with E-state index in [0.717, 1.165) is 10.1 Å².